The number of hydrogen-bond donors (Lipinski definition) is 2. The van der Waals surface area contributed by atoms with E-state index in [2.05, 4.69) is 30.6 Å². The summed E-state index contributed by atoms with van der Waals surface area (Å²) in [6, 6.07) is 6.08. The number of nitrogens with one attached hydrogen (secondary N) is 2. The topological polar surface area (TPSA) is 88.0 Å². The van der Waals surface area contributed by atoms with Gasteiger partial charge in [-0.1, -0.05) is 0 Å². The number of nitrogens with zero attached hydrogens (tertiary/aromatic N) is 5. The van der Waals surface area contributed by atoms with Crippen molar-refractivity contribution in [2.75, 3.05) is 36.4 Å². The van der Waals surface area contributed by atoms with Gasteiger partial charge in [-0.05, 0) is 24.3 Å². The third kappa shape index (κ3) is 3.95. The van der Waals surface area contributed by atoms with Gasteiger partial charge in [0, 0.05) is 67.8 Å². The summed E-state index contributed by atoms with van der Waals surface area (Å²) in [5, 5.41) is 11.0. The lowest BCUT2D eigenvalue weighted by molar-refractivity contribution is 0.102. The van der Waals surface area contributed by atoms with Crippen LogP contribution in [0.25, 0.3) is 21.8 Å². The molecule has 0 radical (unpaired) electrons. The summed E-state index contributed by atoms with van der Waals surface area (Å²) in [6.07, 6.45) is 0.0861. The molecule has 1 aliphatic heterocycles. The maximum absolute atomic E-state index is 14.4. The maximum atomic E-state index is 14.4. The lowest BCUT2D eigenvalue weighted by Crippen LogP contribution is -2.43. The molecule has 0 aliphatic carbocycles. The molecule has 4 aromatic rings. The standard InChI is InChI=1S/C22H20F3N7O/c1-31-11-12-8-13(9-16(23)18(12)30-31)28-22(33)14-2-3-17(32-6-4-26-5-7-32)15-10-27-21(20(24)25)29-19(14)15/h2-3,8-11,20,26H,4-7H2,1H3,(H,28,33). The van der Waals surface area contributed by atoms with E-state index in [1.165, 1.54) is 16.9 Å². The Morgan fingerprint density at radius 2 is 1.97 bits per heavy atom. The van der Waals surface area contributed by atoms with Crippen LogP contribution in [0.4, 0.5) is 24.5 Å². The quantitative estimate of drug-likeness (QED) is 0.491. The third-order valence-electron chi connectivity index (χ3n) is 5.58. The molecule has 11 heteroatoms. The number of rotatable bonds is 4. The van der Waals surface area contributed by atoms with Gasteiger partial charge in [0.25, 0.3) is 12.3 Å². The molecule has 0 unspecified atom stereocenters. The highest BCUT2D eigenvalue weighted by molar-refractivity contribution is 6.14. The highest BCUT2D eigenvalue weighted by atomic mass is 19.3. The first-order valence-electron chi connectivity index (χ1n) is 10.4. The van der Waals surface area contributed by atoms with Crippen molar-refractivity contribution >= 4 is 39.1 Å². The first-order valence-corrected chi connectivity index (χ1v) is 10.4. The Kier molecular flexibility index (Phi) is 5.33. The SMILES string of the molecule is Cn1cc2cc(NC(=O)c3ccc(N4CCNCC4)c4cnc(C(F)F)nc34)cc(F)c2n1. The molecule has 2 N–H and O–H groups in total. The molecule has 2 aromatic heterocycles. The summed E-state index contributed by atoms with van der Waals surface area (Å²) in [5.74, 6) is -1.82. The van der Waals surface area contributed by atoms with Gasteiger partial charge in [-0.15, -0.1) is 0 Å². The van der Waals surface area contributed by atoms with Crippen LogP contribution in [-0.4, -0.2) is 51.8 Å². The summed E-state index contributed by atoms with van der Waals surface area (Å²) >= 11 is 0. The molecule has 1 saturated heterocycles. The zero-order chi connectivity index (χ0) is 23.1. The number of anilines is 2. The molecular weight excluding hydrogens is 435 g/mol. The number of amides is 1. The summed E-state index contributed by atoms with van der Waals surface area (Å²) < 4.78 is 42.6. The molecule has 5 rings (SSSR count). The smallest absolute Gasteiger partial charge is 0.297 e. The average Bonchev–Trinajstić information content (AvgIpc) is 3.19. The van der Waals surface area contributed by atoms with E-state index in [1.807, 2.05) is 0 Å². The van der Waals surface area contributed by atoms with Gasteiger partial charge in [-0.25, -0.2) is 23.1 Å². The summed E-state index contributed by atoms with van der Waals surface area (Å²) in [4.78, 5) is 23.0. The van der Waals surface area contributed by atoms with E-state index in [9.17, 15) is 18.0 Å². The van der Waals surface area contributed by atoms with Crippen LogP contribution in [0, 0.1) is 5.82 Å². The Hall–Kier alpha value is -3.73. The summed E-state index contributed by atoms with van der Waals surface area (Å²) in [5.41, 5.74) is 1.40. The van der Waals surface area contributed by atoms with Crippen LogP contribution in [0.1, 0.15) is 22.6 Å². The number of benzene rings is 2. The van der Waals surface area contributed by atoms with Crippen LogP contribution in [0.2, 0.25) is 0 Å². The van der Waals surface area contributed by atoms with Crippen molar-refractivity contribution in [2.45, 2.75) is 6.43 Å². The molecule has 1 aliphatic rings. The number of carbonyl (C=O) groups excluding carboxylic acids is 1. The predicted octanol–water partition coefficient (Wildman–Crippen LogP) is 3.26. The first kappa shape index (κ1) is 21.1. The first-order chi connectivity index (χ1) is 15.9. The molecule has 0 bridgehead atoms. The van der Waals surface area contributed by atoms with Gasteiger partial charge >= 0.3 is 0 Å². The van der Waals surface area contributed by atoms with E-state index in [1.54, 1.807) is 31.4 Å². The minimum absolute atomic E-state index is 0.0971. The average molecular weight is 455 g/mol. The molecule has 170 valence electrons. The van der Waals surface area contributed by atoms with Crippen LogP contribution < -0.4 is 15.5 Å². The van der Waals surface area contributed by atoms with Gasteiger partial charge in [-0.2, -0.15) is 5.10 Å². The van der Waals surface area contributed by atoms with Gasteiger partial charge in [0.2, 0.25) is 0 Å². The lowest BCUT2D eigenvalue weighted by Gasteiger charge is -2.30. The van der Waals surface area contributed by atoms with Gasteiger partial charge in [0.05, 0.1) is 11.1 Å². The number of alkyl halides is 2. The second kappa shape index (κ2) is 8.32. The number of carbonyl (C=O) groups is 1. The van der Waals surface area contributed by atoms with Crippen molar-refractivity contribution in [3.63, 3.8) is 0 Å². The molecule has 1 amide bonds. The second-order valence-corrected chi connectivity index (χ2v) is 7.81. The van der Waals surface area contributed by atoms with Crippen LogP contribution >= 0.6 is 0 Å². The normalized spacial score (nSPS) is 14.4. The minimum Gasteiger partial charge on any atom is -0.368 e. The summed E-state index contributed by atoms with van der Waals surface area (Å²) in [6.45, 7) is 3.01. The number of fused-ring (bicyclic) bond motifs is 2. The molecule has 3 heterocycles. The highest BCUT2D eigenvalue weighted by Crippen LogP contribution is 2.31. The third-order valence-corrected chi connectivity index (χ3v) is 5.58. The van der Waals surface area contributed by atoms with E-state index in [0.29, 0.717) is 10.8 Å². The van der Waals surface area contributed by atoms with E-state index < -0.39 is 24.0 Å². The van der Waals surface area contributed by atoms with Gasteiger partial charge in [0.1, 0.15) is 5.52 Å². The van der Waals surface area contributed by atoms with Crippen molar-refractivity contribution in [1.82, 2.24) is 25.1 Å². The number of aryl methyl sites for hydroxylation is 1. The minimum atomic E-state index is -2.88. The predicted molar refractivity (Wildman–Crippen MR) is 118 cm³/mol. The Balaban J connectivity index is 1.56. The monoisotopic (exact) mass is 455 g/mol. The van der Waals surface area contributed by atoms with Crippen molar-refractivity contribution in [3.8, 4) is 0 Å². The zero-order valence-electron chi connectivity index (χ0n) is 17.6. The number of halogens is 3. The molecule has 0 spiro atoms. The van der Waals surface area contributed by atoms with Crippen molar-refractivity contribution in [1.29, 1.82) is 0 Å². The second-order valence-electron chi connectivity index (χ2n) is 7.81. The van der Waals surface area contributed by atoms with Gasteiger partial charge in [0.15, 0.2) is 11.6 Å². The lowest BCUT2D eigenvalue weighted by atomic mass is 10.1. The molecule has 1 fully saturated rings. The van der Waals surface area contributed by atoms with Gasteiger partial charge in [-0.3, -0.25) is 9.48 Å². The molecular formula is C22H20F3N7O. The van der Waals surface area contributed by atoms with Crippen molar-refractivity contribution < 1.29 is 18.0 Å². The van der Waals surface area contributed by atoms with Crippen molar-refractivity contribution in [3.05, 3.63) is 53.9 Å². The molecule has 0 saturated carbocycles. The Bertz CT molecular complexity index is 1370. The molecule has 33 heavy (non-hydrogen) atoms. The van der Waals surface area contributed by atoms with Crippen LogP contribution in [-0.2, 0) is 7.05 Å². The van der Waals surface area contributed by atoms with E-state index in [-0.39, 0.29) is 22.3 Å². The fourth-order valence-electron chi connectivity index (χ4n) is 4.07. The summed E-state index contributed by atoms with van der Waals surface area (Å²) in [7, 11) is 1.67. The molecule has 8 nitrogen and oxygen atoms in total. The van der Waals surface area contributed by atoms with E-state index in [0.717, 1.165) is 31.9 Å². The zero-order valence-corrected chi connectivity index (χ0v) is 17.6. The molecule has 0 atom stereocenters. The number of aromatic nitrogens is 4. The maximum Gasteiger partial charge on any atom is 0.297 e. The molecule has 2 aromatic carbocycles. The van der Waals surface area contributed by atoms with E-state index >= 15 is 0 Å². The highest BCUT2D eigenvalue weighted by Gasteiger charge is 2.22. The fourth-order valence-corrected chi connectivity index (χ4v) is 4.07. The van der Waals surface area contributed by atoms with Crippen molar-refractivity contribution in [2.24, 2.45) is 7.05 Å². The van der Waals surface area contributed by atoms with Crippen LogP contribution in [0.3, 0.4) is 0 Å². The van der Waals surface area contributed by atoms with E-state index in [4.69, 9.17) is 0 Å². The Morgan fingerprint density at radius 1 is 1.18 bits per heavy atom. The Labute approximate surface area is 186 Å². The van der Waals surface area contributed by atoms with Crippen LogP contribution in [0.5, 0.6) is 0 Å². The van der Waals surface area contributed by atoms with Gasteiger partial charge < -0.3 is 15.5 Å². The largest absolute Gasteiger partial charge is 0.368 e. The fraction of sp³-hybridized carbons (Fsp3) is 0.273. The number of hydrogen-bond acceptors (Lipinski definition) is 6. The Morgan fingerprint density at radius 3 is 2.73 bits per heavy atom. The number of piperazine rings is 1. The van der Waals surface area contributed by atoms with Crippen LogP contribution in [0.15, 0.2) is 36.7 Å².